The Balaban J connectivity index is 1.63. The maximum Gasteiger partial charge on any atom is 0.163 e. The highest BCUT2D eigenvalue weighted by Gasteiger charge is 2.17. The second kappa shape index (κ2) is 5.87. The Labute approximate surface area is 118 Å². The molecule has 3 rings (SSSR count). The van der Waals surface area contributed by atoms with Crippen molar-refractivity contribution in [3.05, 3.63) is 59.4 Å². The molecule has 102 valence electrons. The number of aryl methyl sites for hydroxylation is 1. The van der Waals surface area contributed by atoms with E-state index in [0.717, 1.165) is 36.1 Å². The van der Waals surface area contributed by atoms with Gasteiger partial charge in [-0.05, 0) is 48.2 Å². The van der Waals surface area contributed by atoms with Gasteiger partial charge in [0, 0.05) is 30.8 Å². The normalized spacial score (nSPS) is 13.9. The zero-order valence-electron chi connectivity index (χ0n) is 11.3. The molecule has 1 aliphatic rings. The summed E-state index contributed by atoms with van der Waals surface area (Å²) in [7, 11) is 0. The summed E-state index contributed by atoms with van der Waals surface area (Å²) in [6, 6.07) is 9.85. The Morgan fingerprint density at radius 2 is 1.95 bits per heavy atom. The van der Waals surface area contributed by atoms with Gasteiger partial charge in [0.15, 0.2) is 5.78 Å². The van der Waals surface area contributed by atoms with Crippen LogP contribution in [-0.2, 0) is 12.8 Å². The molecule has 0 fully saturated rings. The molecular formula is C17H17NO2. The van der Waals surface area contributed by atoms with Gasteiger partial charge in [-0.15, -0.1) is 0 Å². The van der Waals surface area contributed by atoms with E-state index in [0.29, 0.717) is 13.0 Å². The minimum atomic E-state index is 0.242. The summed E-state index contributed by atoms with van der Waals surface area (Å²) >= 11 is 0. The topological polar surface area (TPSA) is 39.2 Å². The number of ketones is 1. The van der Waals surface area contributed by atoms with Gasteiger partial charge in [0.05, 0.1) is 6.61 Å². The number of rotatable bonds is 4. The fourth-order valence-corrected chi connectivity index (χ4v) is 2.53. The molecule has 2 aromatic rings. The molecule has 1 aromatic heterocycles. The molecule has 0 unspecified atom stereocenters. The lowest BCUT2D eigenvalue weighted by Crippen LogP contribution is -2.11. The first kappa shape index (κ1) is 12.9. The Morgan fingerprint density at radius 1 is 1.10 bits per heavy atom. The summed E-state index contributed by atoms with van der Waals surface area (Å²) in [5, 5.41) is 0. The first-order chi connectivity index (χ1) is 9.83. The van der Waals surface area contributed by atoms with Crippen LogP contribution in [0, 0.1) is 0 Å². The smallest absolute Gasteiger partial charge is 0.163 e. The fourth-order valence-electron chi connectivity index (χ4n) is 2.53. The van der Waals surface area contributed by atoms with E-state index in [-0.39, 0.29) is 5.78 Å². The molecule has 0 saturated heterocycles. The van der Waals surface area contributed by atoms with Crippen LogP contribution in [0.5, 0.6) is 5.75 Å². The zero-order valence-corrected chi connectivity index (χ0v) is 11.3. The molecule has 0 saturated carbocycles. The monoisotopic (exact) mass is 267 g/mol. The number of pyridine rings is 1. The summed E-state index contributed by atoms with van der Waals surface area (Å²) in [6.07, 6.45) is 7.03. The van der Waals surface area contributed by atoms with E-state index >= 15 is 0 Å². The predicted octanol–water partition coefficient (Wildman–Crippen LogP) is 3.22. The highest BCUT2D eigenvalue weighted by atomic mass is 16.5. The molecular weight excluding hydrogens is 250 g/mol. The van der Waals surface area contributed by atoms with Crippen molar-refractivity contribution in [3.63, 3.8) is 0 Å². The SMILES string of the molecule is O=C1CCCc2ccc(OCCc3ccncc3)cc21. The van der Waals surface area contributed by atoms with Gasteiger partial charge in [-0.2, -0.15) is 0 Å². The van der Waals surface area contributed by atoms with E-state index in [9.17, 15) is 4.79 Å². The van der Waals surface area contributed by atoms with Gasteiger partial charge >= 0.3 is 0 Å². The van der Waals surface area contributed by atoms with E-state index in [1.54, 1.807) is 12.4 Å². The van der Waals surface area contributed by atoms with Crippen molar-refractivity contribution in [2.45, 2.75) is 25.7 Å². The molecule has 20 heavy (non-hydrogen) atoms. The molecule has 0 bridgehead atoms. The third-order valence-corrected chi connectivity index (χ3v) is 3.64. The fraction of sp³-hybridized carbons (Fsp3) is 0.294. The lowest BCUT2D eigenvalue weighted by molar-refractivity contribution is 0.0972. The number of Topliss-reactive ketones (excluding diaryl/α,β-unsaturated/α-hetero) is 1. The molecule has 1 aliphatic carbocycles. The Kier molecular flexibility index (Phi) is 3.77. The number of carbonyl (C=O) groups is 1. The summed E-state index contributed by atoms with van der Waals surface area (Å²) in [4.78, 5) is 15.9. The Morgan fingerprint density at radius 3 is 2.80 bits per heavy atom. The van der Waals surface area contributed by atoms with Crippen molar-refractivity contribution in [2.24, 2.45) is 0 Å². The number of hydrogen-bond donors (Lipinski definition) is 0. The number of ether oxygens (including phenoxy) is 1. The van der Waals surface area contributed by atoms with Crippen LogP contribution >= 0.6 is 0 Å². The van der Waals surface area contributed by atoms with Crippen LogP contribution in [0.2, 0.25) is 0 Å². The average Bonchev–Trinajstić information content (AvgIpc) is 2.49. The van der Waals surface area contributed by atoms with Gasteiger partial charge in [-0.3, -0.25) is 9.78 Å². The minimum Gasteiger partial charge on any atom is -0.493 e. The van der Waals surface area contributed by atoms with Gasteiger partial charge in [-0.1, -0.05) is 6.07 Å². The van der Waals surface area contributed by atoms with Crippen LogP contribution in [-0.4, -0.2) is 17.4 Å². The minimum absolute atomic E-state index is 0.242. The quantitative estimate of drug-likeness (QED) is 0.853. The molecule has 0 atom stereocenters. The van der Waals surface area contributed by atoms with E-state index in [1.165, 1.54) is 5.56 Å². The molecule has 3 nitrogen and oxygen atoms in total. The molecule has 0 aliphatic heterocycles. The number of hydrogen-bond acceptors (Lipinski definition) is 3. The number of nitrogens with zero attached hydrogens (tertiary/aromatic N) is 1. The maximum atomic E-state index is 11.9. The first-order valence-electron chi connectivity index (χ1n) is 7.01. The average molecular weight is 267 g/mol. The molecule has 0 amide bonds. The summed E-state index contributed by atoms with van der Waals surface area (Å²) in [5.74, 6) is 1.03. The lowest BCUT2D eigenvalue weighted by atomic mass is 9.90. The molecule has 0 spiro atoms. The van der Waals surface area contributed by atoms with E-state index < -0.39 is 0 Å². The van der Waals surface area contributed by atoms with Crippen molar-refractivity contribution in [3.8, 4) is 5.75 Å². The van der Waals surface area contributed by atoms with Gasteiger partial charge in [0.1, 0.15) is 5.75 Å². The van der Waals surface area contributed by atoms with Crippen molar-refractivity contribution < 1.29 is 9.53 Å². The van der Waals surface area contributed by atoms with Crippen LogP contribution in [0.15, 0.2) is 42.7 Å². The largest absolute Gasteiger partial charge is 0.493 e. The molecule has 1 aromatic carbocycles. The van der Waals surface area contributed by atoms with Crippen LogP contribution in [0.25, 0.3) is 0 Å². The van der Waals surface area contributed by atoms with Gasteiger partial charge in [0.25, 0.3) is 0 Å². The third-order valence-electron chi connectivity index (χ3n) is 3.64. The van der Waals surface area contributed by atoms with Crippen LogP contribution in [0.1, 0.15) is 34.3 Å². The van der Waals surface area contributed by atoms with E-state index in [4.69, 9.17) is 4.74 Å². The second-order valence-corrected chi connectivity index (χ2v) is 5.05. The highest BCUT2D eigenvalue weighted by molar-refractivity contribution is 5.98. The number of aromatic nitrogens is 1. The summed E-state index contributed by atoms with van der Waals surface area (Å²) in [6.45, 7) is 0.608. The second-order valence-electron chi connectivity index (χ2n) is 5.05. The Bertz CT molecular complexity index is 608. The number of fused-ring (bicyclic) bond motifs is 1. The molecule has 3 heteroatoms. The van der Waals surface area contributed by atoms with Gasteiger partial charge in [-0.25, -0.2) is 0 Å². The number of benzene rings is 1. The number of carbonyl (C=O) groups excluding carboxylic acids is 1. The summed E-state index contributed by atoms with van der Waals surface area (Å²) in [5.41, 5.74) is 3.20. The maximum absolute atomic E-state index is 11.9. The van der Waals surface area contributed by atoms with Crippen LogP contribution in [0.3, 0.4) is 0 Å². The third kappa shape index (κ3) is 2.87. The zero-order chi connectivity index (χ0) is 13.8. The van der Waals surface area contributed by atoms with Gasteiger partial charge < -0.3 is 4.74 Å². The molecule has 0 radical (unpaired) electrons. The molecule has 1 heterocycles. The van der Waals surface area contributed by atoms with Crippen molar-refractivity contribution in [1.82, 2.24) is 4.98 Å². The lowest BCUT2D eigenvalue weighted by Gasteiger charge is -2.16. The van der Waals surface area contributed by atoms with Crippen LogP contribution < -0.4 is 4.74 Å². The van der Waals surface area contributed by atoms with Crippen molar-refractivity contribution in [1.29, 1.82) is 0 Å². The van der Waals surface area contributed by atoms with Crippen molar-refractivity contribution >= 4 is 5.78 Å². The van der Waals surface area contributed by atoms with Crippen molar-refractivity contribution in [2.75, 3.05) is 6.61 Å². The highest BCUT2D eigenvalue weighted by Crippen LogP contribution is 2.25. The van der Waals surface area contributed by atoms with E-state index in [2.05, 4.69) is 4.98 Å². The molecule has 0 N–H and O–H groups in total. The van der Waals surface area contributed by atoms with E-state index in [1.807, 2.05) is 30.3 Å². The standard InChI is InChI=1S/C17H17NO2/c19-17-3-1-2-14-4-5-15(12-16(14)17)20-11-8-13-6-9-18-10-7-13/h4-7,9-10,12H,1-3,8,11H2. The Hall–Kier alpha value is -2.16. The first-order valence-corrected chi connectivity index (χ1v) is 7.01. The van der Waals surface area contributed by atoms with Gasteiger partial charge in [0.2, 0.25) is 0 Å². The predicted molar refractivity (Wildman–Crippen MR) is 77.1 cm³/mol. The summed E-state index contributed by atoms with van der Waals surface area (Å²) < 4.78 is 5.75. The van der Waals surface area contributed by atoms with Crippen LogP contribution in [0.4, 0.5) is 0 Å².